The topological polar surface area (TPSA) is 37.3 Å². The van der Waals surface area contributed by atoms with Crippen LogP contribution in [-0.4, -0.2) is 11.1 Å². The second kappa shape index (κ2) is 3.52. The Morgan fingerprint density at radius 3 is 2.46 bits per heavy atom. The zero-order valence-corrected chi connectivity index (χ0v) is 8.63. The SMILES string of the molecule is CC(C)(C)C1=CCC(C(=O)O)CC1. The van der Waals surface area contributed by atoms with Gasteiger partial charge in [-0.1, -0.05) is 32.4 Å². The summed E-state index contributed by atoms with van der Waals surface area (Å²) < 4.78 is 0. The number of aliphatic carboxylic acids is 1. The number of hydrogen-bond acceptors (Lipinski definition) is 1. The van der Waals surface area contributed by atoms with Crippen molar-refractivity contribution in [1.82, 2.24) is 0 Å². The van der Waals surface area contributed by atoms with Crippen molar-refractivity contribution in [3.05, 3.63) is 11.6 Å². The highest BCUT2D eigenvalue weighted by Gasteiger charge is 2.25. The molecule has 0 heterocycles. The minimum atomic E-state index is -0.649. The maximum absolute atomic E-state index is 10.7. The van der Waals surface area contributed by atoms with Gasteiger partial charge in [0.05, 0.1) is 5.92 Å². The van der Waals surface area contributed by atoms with Crippen molar-refractivity contribution in [3.63, 3.8) is 0 Å². The normalized spacial score (nSPS) is 23.9. The highest BCUT2D eigenvalue weighted by molar-refractivity contribution is 5.70. The number of carboxylic acid groups (broad SMARTS) is 1. The Hall–Kier alpha value is -0.790. The molecule has 0 saturated carbocycles. The third kappa shape index (κ3) is 2.58. The van der Waals surface area contributed by atoms with E-state index in [1.54, 1.807) is 0 Å². The van der Waals surface area contributed by atoms with E-state index < -0.39 is 5.97 Å². The van der Waals surface area contributed by atoms with Crippen LogP contribution in [0.2, 0.25) is 0 Å². The molecule has 1 rings (SSSR count). The number of rotatable bonds is 1. The van der Waals surface area contributed by atoms with Gasteiger partial charge in [-0.25, -0.2) is 0 Å². The van der Waals surface area contributed by atoms with Crippen LogP contribution >= 0.6 is 0 Å². The van der Waals surface area contributed by atoms with Crippen LogP contribution in [-0.2, 0) is 4.79 Å². The van der Waals surface area contributed by atoms with Crippen LogP contribution in [0.25, 0.3) is 0 Å². The van der Waals surface area contributed by atoms with Crippen LogP contribution in [0.15, 0.2) is 11.6 Å². The Kier molecular flexibility index (Phi) is 2.79. The van der Waals surface area contributed by atoms with Gasteiger partial charge in [0, 0.05) is 0 Å². The molecule has 2 heteroatoms. The van der Waals surface area contributed by atoms with Gasteiger partial charge in [0.2, 0.25) is 0 Å². The molecule has 0 aromatic carbocycles. The molecule has 0 radical (unpaired) electrons. The Balaban J connectivity index is 2.63. The lowest BCUT2D eigenvalue weighted by Crippen LogP contribution is -2.20. The van der Waals surface area contributed by atoms with Crippen molar-refractivity contribution in [2.24, 2.45) is 11.3 Å². The van der Waals surface area contributed by atoms with E-state index in [0.717, 1.165) is 12.8 Å². The fourth-order valence-electron chi connectivity index (χ4n) is 1.74. The molecule has 13 heavy (non-hydrogen) atoms. The predicted molar refractivity (Wildman–Crippen MR) is 52.5 cm³/mol. The molecule has 1 atom stereocenters. The van der Waals surface area contributed by atoms with Crippen molar-refractivity contribution < 1.29 is 9.90 Å². The van der Waals surface area contributed by atoms with E-state index in [1.165, 1.54) is 5.57 Å². The predicted octanol–water partition coefficient (Wildman–Crippen LogP) is 2.84. The molecule has 1 aliphatic carbocycles. The summed E-state index contributed by atoms with van der Waals surface area (Å²) in [6.07, 6.45) is 4.57. The highest BCUT2D eigenvalue weighted by Crippen LogP contribution is 2.35. The molecule has 0 aromatic heterocycles. The largest absolute Gasteiger partial charge is 0.481 e. The second-order valence-electron chi connectivity index (χ2n) is 4.79. The molecule has 0 spiro atoms. The first-order valence-electron chi connectivity index (χ1n) is 4.83. The van der Waals surface area contributed by atoms with E-state index in [1.807, 2.05) is 0 Å². The average Bonchev–Trinajstić information content (AvgIpc) is 2.03. The fraction of sp³-hybridized carbons (Fsp3) is 0.727. The molecule has 0 amide bonds. The Morgan fingerprint density at radius 2 is 2.15 bits per heavy atom. The minimum absolute atomic E-state index is 0.147. The van der Waals surface area contributed by atoms with Gasteiger partial charge >= 0.3 is 5.97 Å². The summed E-state index contributed by atoms with van der Waals surface area (Å²) in [5, 5.41) is 8.80. The van der Waals surface area contributed by atoms with Crippen molar-refractivity contribution >= 4 is 5.97 Å². The molecule has 1 unspecified atom stereocenters. The first-order valence-corrected chi connectivity index (χ1v) is 4.83. The monoisotopic (exact) mass is 182 g/mol. The van der Waals surface area contributed by atoms with Gasteiger partial charge in [0.1, 0.15) is 0 Å². The van der Waals surface area contributed by atoms with E-state index in [0.29, 0.717) is 6.42 Å². The average molecular weight is 182 g/mol. The molecule has 0 fully saturated rings. The molecule has 0 aromatic rings. The molecular weight excluding hydrogens is 164 g/mol. The number of carboxylic acids is 1. The van der Waals surface area contributed by atoms with Gasteiger partial charge < -0.3 is 5.11 Å². The first kappa shape index (κ1) is 10.3. The van der Waals surface area contributed by atoms with Crippen LogP contribution in [0.5, 0.6) is 0 Å². The molecule has 2 nitrogen and oxygen atoms in total. The highest BCUT2D eigenvalue weighted by atomic mass is 16.4. The van der Waals surface area contributed by atoms with E-state index in [-0.39, 0.29) is 11.3 Å². The Morgan fingerprint density at radius 1 is 1.54 bits per heavy atom. The van der Waals surface area contributed by atoms with Crippen LogP contribution in [0.4, 0.5) is 0 Å². The van der Waals surface area contributed by atoms with Crippen LogP contribution in [0.3, 0.4) is 0 Å². The van der Waals surface area contributed by atoms with Gasteiger partial charge in [-0.15, -0.1) is 0 Å². The fourth-order valence-corrected chi connectivity index (χ4v) is 1.74. The van der Waals surface area contributed by atoms with E-state index in [9.17, 15) is 4.79 Å². The van der Waals surface area contributed by atoms with Gasteiger partial charge in [0.15, 0.2) is 0 Å². The van der Waals surface area contributed by atoms with Gasteiger partial charge in [0.25, 0.3) is 0 Å². The number of allylic oxidation sites excluding steroid dienone is 2. The van der Waals surface area contributed by atoms with Crippen molar-refractivity contribution in [2.45, 2.75) is 40.0 Å². The summed E-state index contributed by atoms with van der Waals surface area (Å²) in [5.41, 5.74) is 1.62. The lowest BCUT2D eigenvalue weighted by molar-refractivity contribution is -0.142. The van der Waals surface area contributed by atoms with E-state index in [4.69, 9.17) is 5.11 Å². The molecule has 1 N–H and O–H groups in total. The summed E-state index contributed by atoms with van der Waals surface area (Å²) in [5.74, 6) is -0.796. The number of carbonyl (C=O) groups is 1. The Labute approximate surface area is 79.6 Å². The summed E-state index contributed by atoms with van der Waals surface area (Å²) >= 11 is 0. The number of hydrogen-bond donors (Lipinski definition) is 1. The smallest absolute Gasteiger partial charge is 0.306 e. The van der Waals surface area contributed by atoms with Crippen LogP contribution < -0.4 is 0 Å². The minimum Gasteiger partial charge on any atom is -0.481 e. The summed E-state index contributed by atoms with van der Waals surface area (Å²) in [6, 6.07) is 0. The molecule has 0 aliphatic heterocycles. The van der Waals surface area contributed by atoms with Crippen LogP contribution in [0, 0.1) is 11.3 Å². The zero-order chi connectivity index (χ0) is 10.1. The summed E-state index contributed by atoms with van der Waals surface area (Å²) in [4.78, 5) is 10.7. The third-order valence-corrected chi connectivity index (χ3v) is 2.72. The Bertz CT molecular complexity index is 233. The maximum atomic E-state index is 10.7. The molecule has 0 bridgehead atoms. The zero-order valence-electron chi connectivity index (χ0n) is 8.63. The second-order valence-corrected chi connectivity index (χ2v) is 4.79. The summed E-state index contributed by atoms with van der Waals surface area (Å²) in [7, 11) is 0. The van der Waals surface area contributed by atoms with Crippen molar-refractivity contribution in [2.75, 3.05) is 0 Å². The molecule has 1 aliphatic rings. The lowest BCUT2D eigenvalue weighted by Gasteiger charge is -2.28. The molecule has 74 valence electrons. The van der Waals surface area contributed by atoms with Gasteiger partial charge in [-0.3, -0.25) is 4.79 Å². The standard InChI is InChI=1S/C11H18O2/c1-11(2,3)9-6-4-8(5-7-9)10(12)13/h6,8H,4-5,7H2,1-3H3,(H,12,13). The van der Waals surface area contributed by atoms with Crippen molar-refractivity contribution in [1.29, 1.82) is 0 Å². The third-order valence-electron chi connectivity index (χ3n) is 2.72. The van der Waals surface area contributed by atoms with Gasteiger partial charge in [-0.05, 0) is 24.7 Å². The maximum Gasteiger partial charge on any atom is 0.306 e. The molecule has 0 saturated heterocycles. The van der Waals surface area contributed by atoms with Gasteiger partial charge in [-0.2, -0.15) is 0 Å². The molecular formula is C11H18O2. The van der Waals surface area contributed by atoms with E-state index >= 15 is 0 Å². The first-order chi connectivity index (χ1) is 5.91. The lowest BCUT2D eigenvalue weighted by atomic mass is 9.77. The van der Waals surface area contributed by atoms with Crippen molar-refractivity contribution in [3.8, 4) is 0 Å². The van der Waals surface area contributed by atoms with Crippen LogP contribution in [0.1, 0.15) is 40.0 Å². The van der Waals surface area contributed by atoms with E-state index in [2.05, 4.69) is 26.8 Å². The summed E-state index contributed by atoms with van der Waals surface area (Å²) in [6.45, 7) is 6.54. The quantitative estimate of drug-likeness (QED) is 0.633.